The Morgan fingerprint density at radius 1 is 0.750 bits per heavy atom. The van der Waals surface area contributed by atoms with Gasteiger partial charge in [-0.25, -0.2) is 0 Å². The van der Waals surface area contributed by atoms with E-state index in [0.29, 0.717) is 0 Å². The van der Waals surface area contributed by atoms with E-state index >= 15 is 0 Å². The van der Waals surface area contributed by atoms with Crippen molar-refractivity contribution in [3.8, 4) is 0 Å². The molecule has 0 spiro atoms. The van der Waals surface area contributed by atoms with E-state index in [4.69, 9.17) is 0 Å². The summed E-state index contributed by atoms with van der Waals surface area (Å²) in [5, 5.41) is 0. The van der Waals surface area contributed by atoms with Gasteiger partial charge in [-0.2, -0.15) is 0 Å². The zero-order valence-electron chi connectivity index (χ0n) is 7.93. The first kappa shape index (κ1) is 10.4. The van der Waals surface area contributed by atoms with Crippen LogP contribution in [0.25, 0.3) is 0 Å². The molecule has 0 amide bonds. The van der Waals surface area contributed by atoms with Crippen LogP contribution in [0.3, 0.4) is 0 Å². The monoisotopic (exact) mass is 224 g/mol. The summed E-state index contributed by atoms with van der Waals surface area (Å²) in [6.07, 6.45) is 9.72. The summed E-state index contributed by atoms with van der Waals surface area (Å²) < 4.78 is 0. The Bertz CT molecular complexity index is 115. The predicted octanol–water partition coefficient (Wildman–Crippen LogP) is 3.00. The average Bonchev–Trinajstić information content (AvgIpc) is 2.14. The second kappa shape index (κ2) is 6.78. The van der Waals surface area contributed by atoms with Gasteiger partial charge in [0.25, 0.3) is 0 Å². The Morgan fingerprint density at radius 3 is 1.58 bits per heavy atom. The Kier molecular flexibility index (Phi) is 5.87. The van der Waals surface area contributed by atoms with Crippen LogP contribution in [0.2, 0.25) is 9.95 Å². The maximum atomic E-state index is 10.7. The van der Waals surface area contributed by atoms with E-state index < -0.39 is 16.2 Å². The third-order valence-corrected chi connectivity index (χ3v) is 8.47. The topological polar surface area (TPSA) is 17.1 Å². The zero-order chi connectivity index (χ0) is 8.65. The Balaban J connectivity index is 2.21. The predicted molar refractivity (Wildman–Crippen MR) is 54.4 cm³/mol. The van der Waals surface area contributed by atoms with E-state index in [1.165, 1.54) is 59.7 Å². The second-order valence-corrected chi connectivity index (χ2v) is 10.1. The van der Waals surface area contributed by atoms with Crippen molar-refractivity contribution in [1.82, 2.24) is 0 Å². The molecule has 12 heavy (non-hydrogen) atoms. The summed E-state index contributed by atoms with van der Waals surface area (Å²) in [5.41, 5.74) is 0. The van der Waals surface area contributed by atoms with E-state index in [1.54, 1.807) is 0 Å². The van der Waals surface area contributed by atoms with Crippen LogP contribution < -0.4 is 0 Å². The molecule has 0 aromatic carbocycles. The van der Waals surface area contributed by atoms with Gasteiger partial charge in [0.05, 0.1) is 0 Å². The Morgan fingerprint density at radius 2 is 1.17 bits per heavy atom. The molecule has 2 heteroatoms. The van der Waals surface area contributed by atoms with E-state index in [1.807, 2.05) is 0 Å². The van der Waals surface area contributed by atoms with Gasteiger partial charge < -0.3 is 0 Å². The minimum atomic E-state index is -1.36. The molecule has 0 bridgehead atoms. The summed E-state index contributed by atoms with van der Waals surface area (Å²) in [4.78, 5) is 14.7. The molecule has 0 aromatic heterocycles. The number of hydrogen-bond donors (Lipinski definition) is 0. The van der Waals surface area contributed by atoms with Crippen LogP contribution in [0.4, 0.5) is 0 Å². The molecule has 1 fully saturated rings. The molecular formula is C10H19GaO. The van der Waals surface area contributed by atoms with Crippen LogP contribution in [0.5, 0.6) is 0 Å². The van der Waals surface area contributed by atoms with E-state index in [9.17, 15) is 4.79 Å². The molecule has 1 nitrogen and oxygen atoms in total. The maximum absolute atomic E-state index is 10.7. The Labute approximate surface area is 81.0 Å². The average molecular weight is 225 g/mol. The van der Waals surface area contributed by atoms with Crippen LogP contribution in [-0.2, 0) is 4.79 Å². The van der Waals surface area contributed by atoms with Crippen LogP contribution >= 0.6 is 0 Å². The third-order valence-electron chi connectivity index (χ3n) is 2.84. The van der Waals surface area contributed by atoms with Gasteiger partial charge in [-0.3, -0.25) is 0 Å². The fourth-order valence-corrected chi connectivity index (χ4v) is 6.57. The van der Waals surface area contributed by atoms with Gasteiger partial charge in [0.2, 0.25) is 0 Å². The van der Waals surface area contributed by atoms with Gasteiger partial charge in [-0.15, -0.1) is 0 Å². The molecule has 68 valence electrons. The standard InChI is InChI=1S/C9H18.CHO.Ga/c1-3-5-7-9-8-6-4-2;1-2;/h1-9H2;1H;. The third kappa shape index (κ3) is 4.36. The van der Waals surface area contributed by atoms with Crippen LogP contribution in [-0.4, -0.2) is 21.1 Å². The molecule has 0 aliphatic carbocycles. The molecule has 1 aliphatic rings. The molecule has 0 saturated carbocycles. The fraction of sp³-hybridized carbons (Fsp3) is 0.900. The molecule has 1 rings (SSSR count). The first-order chi connectivity index (χ1) is 5.93. The first-order valence-corrected chi connectivity index (χ1v) is 10.2. The molecule has 1 heterocycles. The normalized spacial score (nSPS) is 21.8. The molecule has 1 aliphatic heterocycles. The zero-order valence-corrected chi connectivity index (χ0v) is 10.3. The number of hydrogen-bond acceptors (Lipinski definition) is 1. The van der Waals surface area contributed by atoms with Gasteiger partial charge in [-0.1, -0.05) is 0 Å². The molecule has 0 N–H and O–H groups in total. The molecule has 0 aromatic rings. The van der Waals surface area contributed by atoms with Gasteiger partial charge >= 0.3 is 80.7 Å². The van der Waals surface area contributed by atoms with E-state index in [2.05, 4.69) is 0 Å². The van der Waals surface area contributed by atoms with E-state index in [-0.39, 0.29) is 0 Å². The summed E-state index contributed by atoms with van der Waals surface area (Å²) in [6, 6.07) is 0. The number of carbonyl (C=O) groups excluding carboxylic acids is 1. The van der Waals surface area contributed by atoms with Gasteiger partial charge in [0.15, 0.2) is 0 Å². The van der Waals surface area contributed by atoms with Gasteiger partial charge in [0, 0.05) is 0 Å². The summed E-state index contributed by atoms with van der Waals surface area (Å²) in [7, 11) is 0. The van der Waals surface area contributed by atoms with Crippen molar-refractivity contribution in [3.05, 3.63) is 0 Å². The van der Waals surface area contributed by atoms with Gasteiger partial charge in [0.1, 0.15) is 0 Å². The first-order valence-electron chi connectivity index (χ1n) is 5.39. The fourth-order valence-electron chi connectivity index (χ4n) is 1.98. The quantitative estimate of drug-likeness (QED) is 0.495. The molecule has 0 radical (unpaired) electrons. The summed E-state index contributed by atoms with van der Waals surface area (Å²) in [6.45, 7) is 0. The molecule has 0 unspecified atom stereocenters. The van der Waals surface area contributed by atoms with Crippen LogP contribution in [0, 0.1) is 0 Å². The SMILES string of the molecule is O=[CH][Ga]1[CH2]CCCCCCC[CH2]1. The van der Waals surface area contributed by atoms with E-state index in [0.717, 1.165) is 0 Å². The van der Waals surface area contributed by atoms with Crippen molar-refractivity contribution in [1.29, 1.82) is 0 Å². The van der Waals surface area contributed by atoms with Crippen LogP contribution in [0.15, 0.2) is 0 Å². The summed E-state index contributed by atoms with van der Waals surface area (Å²) in [5.74, 6) is 0. The number of carbonyl (C=O) groups is 1. The Hall–Kier alpha value is 0.306. The molecule has 0 atom stereocenters. The van der Waals surface area contributed by atoms with Crippen molar-refractivity contribution in [2.75, 3.05) is 0 Å². The van der Waals surface area contributed by atoms with Crippen molar-refractivity contribution in [2.45, 2.75) is 54.9 Å². The van der Waals surface area contributed by atoms with Crippen molar-refractivity contribution in [3.63, 3.8) is 0 Å². The van der Waals surface area contributed by atoms with Crippen molar-refractivity contribution >= 4 is 21.1 Å². The van der Waals surface area contributed by atoms with Crippen molar-refractivity contribution < 1.29 is 4.79 Å². The molecular weight excluding hydrogens is 206 g/mol. The second-order valence-electron chi connectivity index (χ2n) is 3.95. The minimum absolute atomic E-state index is 1.33. The molecule has 1 saturated heterocycles. The van der Waals surface area contributed by atoms with Crippen LogP contribution in [0.1, 0.15) is 44.9 Å². The summed E-state index contributed by atoms with van der Waals surface area (Å²) >= 11 is -1.36. The van der Waals surface area contributed by atoms with Gasteiger partial charge in [-0.05, 0) is 0 Å². The number of rotatable bonds is 1. The van der Waals surface area contributed by atoms with Crippen molar-refractivity contribution in [2.24, 2.45) is 0 Å².